The lowest BCUT2D eigenvalue weighted by Crippen LogP contribution is -2.10. The summed E-state index contributed by atoms with van der Waals surface area (Å²) in [5.74, 6) is -0.0833. The highest BCUT2D eigenvalue weighted by atomic mass is 32.1. The van der Waals surface area contributed by atoms with Crippen molar-refractivity contribution in [3.8, 4) is 11.5 Å². The predicted molar refractivity (Wildman–Crippen MR) is 79.5 cm³/mol. The van der Waals surface area contributed by atoms with E-state index in [1.165, 1.54) is 7.11 Å². The van der Waals surface area contributed by atoms with Crippen LogP contribution in [0.4, 0.5) is 0 Å². The van der Waals surface area contributed by atoms with E-state index in [9.17, 15) is 9.59 Å². The van der Waals surface area contributed by atoms with Crippen molar-refractivity contribution in [2.45, 2.75) is 6.92 Å². The molecule has 3 aromatic rings. The highest BCUT2D eigenvalue weighted by Gasteiger charge is 2.20. The van der Waals surface area contributed by atoms with E-state index in [1.807, 2.05) is 6.07 Å². The number of aryl methyl sites for hydroxylation is 1. The Hall–Kier alpha value is -2.54. The van der Waals surface area contributed by atoms with Crippen LogP contribution >= 0.6 is 11.3 Å². The van der Waals surface area contributed by atoms with Crippen LogP contribution in [0.25, 0.3) is 21.7 Å². The Labute approximate surface area is 123 Å². The van der Waals surface area contributed by atoms with Gasteiger partial charge in [0, 0.05) is 6.20 Å². The molecule has 6 nitrogen and oxygen atoms in total. The van der Waals surface area contributed by atoms with Crippen LogP contribution in [0.3, 0.4) is 0 Å². The summed E-state index contributed by atoms with van der Waals surface area (Å²) in [5.41, 5.74) is 0.870. The molecule has 1 N–H and O–H groups in total. The summed E-state index contributed by atoms with van der Waals surface area (Å²) in [4.78, 5) is 36.1. The smallest absolute Gasteiger partial charge is 0.348 e. The molecule has 0 unspecified atom stereocenters. The fourth-order valence-corrected chi connectivity index (χ4v) is 3.16. The first-order valence-corrected chi connectivity index (χ1v) is 6.96. The van der Waals surface area contributed by atoms with E-state index in [1.54, 1.807) is 25.3 Å². The van der Waals surface area contributed by atoms with Gasteiger partial charge in [0.2, 0.25) is 0 Å². The average molecular weight is 301 g/mol. The minimum Gasteiger partial charge on any atom is -0.465 e. The molecule has 0 atom stereocenters. The number of fused-ring (bicyclic) bond motifs is 1. The van der Waals surface area contributed by atoms with Gasteiger partial charge in [-0.2, -0.15) is 0 Å². The third kappa shape index (κ3) is 2.21. The van der Waals surface area contributed by atoms with E-state index in [0.29, 0.717) is 32.2 Å². The number of nitrogens with zero attached hydrogens (tertiary/aromatic N) is 2. The Morgan fingerprint density at radius 2 is 2.19 bits per heavy atom. The number of hydrogen-bond acceptors (Lipinski definition) is 6. The van der Waals surface area contributed by atoms with Gasteiger partial charge in [0.05, 0.1) is 12.5 Å². The van der Waals surface area contributed by atoms with Gasteiger partial charge < -0.3 is 9.72 Å². The third-order valence-electron chi connectivity index (χ3n) is 3.08. The van der Waals surface area contributed by atoms with E-state index in [-0.39, 0.29) is 5.56 Å². The summed E-state index contributed by atoms with van der Waals surface area (Å²) in [6.45, 7) is 1.71. The Morgan fingerprint density at radius 1 is 1.38 bits per heavy atom. The second kappa shape index (κ2) is 5.10. The minimum absolute atomic E-state index is 0.287. The number of rotatable bonds is 2. The van der Waals surface area contributed by atoms with E-state index < -0.39 is 5.97 Å². The first-order valence-electron chi connectivity index (χ1n) is 6.15. The maximum atomic E-state index is 12.2. The van der Waals surface area contributed by atoms with Crippen LogP contribution in [-0.4, -0.2) is 28.0 Å². The predicted octanol–water partition coefficient (Wildman–Crippen LogP) is 2.14. The number of carbonyl (C=O) groups is 1. The number of pyridine rings is 1. The molecular weight excluding hydrogens is 290 g/mol. The molecule has 3 rings (SSSR count). The van der Waals surface area contributed by atoms with Crippen LogP contribution in [0, 0.1) is 6.92 Å². The highest BCUT2D eigenvalue weighted by molar-refractivity contribution is 7.20. The van der Waals surface area contributed by atoms with Crippen LogP contribution < -0.4 is 5.56 Å². The van der Waals surface area contributed by atoms with Crippen molar-refractivity contribution in [1.82, 2.24) is 15.0 Å². The lowest BCUT2D eigenvalue weighted by atomic mass is 10.2. The zero-order valence-electron chi connectivity index (χ0n) is 11.3. The van der Waals surface area contributed by atoms with E-state index in [0.717, 1.165) is 11.3 Å². The molecule has 0 radical (unpaired) electrons. The number of thiophene rings is 1. The Balaban J connectivity index is 2.26. The van der Waals surface area contributed by atoms with Gasteiger partial charge in [-0.1, -0.05) is 6.07 Å². The zero-order chi connectivity index (χ0) is 15.0. The number of nitrogens with one attached hydrogen (secondary N) is 1. The van der Waals surface area contributed by atoms with Gasteiger partial charge in [0.1, 0.15) is 15.4 Å². The van der Waals surface area contributed by atoms with Crippen molar-refractivity contribution in [3.05, 3.63) is 45.2 Å². The number of ether oxygens (including phenoxy) is 1. The first-order chi connectivity index (χ1) is 10.1. The van der Waals surface area contributed by atoms with Crippen molar-refractivity contribution >= 4 is 27.5 Å². The molecular formula is C14H11N3O3S. The molecule has 106 valence electrons. The van der Waals surface area contributed by atoms with Crippen LogP contribution in [-0.2, 0) is 4.74 Å². The Kier molecular flexibility index (Phi) is 3.26. The number of H-pyrrole nitrogens is 1. The number of carbonyl (C=O) groups excluding carboxylic acids is 1. The van der Waals surface area contributed by atoms with Crippen molar-refractivity contribution in [2.75, 3.05) is 7.11 Å². The number of aromatic nitrogens is 3. The van der Waals surface area contributed by atoms with Gasteiger partial charge in [-0.15, -0.1) is 11.3 Å². The molecule has 0 bridgehead atoms. The van der Waals surface area contributed by atoms with E-state index in [4.69, 9.17) is 4.74 Å². The second-order valence-electron chi connectivity index (χ2n) is 4.36. The number of aromatic amines is 1. The quantitative estimate of drug-likeness (QED) is 0.733. The Bertz CT molecular complexity index is 884. The lowest BCUT2D eigenvalue weighted by molar-refractivity contribution is 0.0605. The summed E-state index contributed by atoms with van der Waals surface area (Å²) in [5, 5.41) is 0.417. The number of hydrogen-bond donors (Lipinski definition) is 1. The van der Waals surface area contributed by atoms with Crippen LogP contribution in [0.15, 0.2) is 29.2 Å². The summed E-state index contributed by atoms with van der Waals surface area (Å²) >= 11 is 1.15. The van der Waals surface area contributed by atoms with Crippen LogP contribution in [0.2, 0.25) is 0 Å². The van der Waals surface area contributed by atoms with Crippen molar-refractivity contribution in [3.63, 3.8) is 0 Å². The number of methoxy groups -OCH3 is 1. The van der Waals surface area contributed by atoms with Crippen molar-refractivity contribution in [2.24, 2.45) is 0 Å². The van der Waals surface area contributed by atoms with Crippen LogP contribution in [0.5, 0.6) is 0 Å². The lowest BCUT2D eigenvalue weighted by Gasteiger charge is -1.99. The minimum atomic E-state index is -0.464. The molecule has 7 heteroatoms. The van der Waals surface area contributed by atoms with Gasteiger partial charge in [-0.3, -0.25) is 9.78 Å². The molecule has 0 fully saturated rings. The fourth-order valence-electron chi connectivity index (χ4n) is 2.06. The first kappa shape index (κ1) is 13.4. The van der Waals surface area contributed by atoms with Gasteiger partial charge in [-0.05, 0) is 24.6 Å². The third-order valence-corrected chi connectivity index (χ3v) is 4.24. The van der Waals surface area contributed by atoms with Gasteiger partial charge in [-0.25, -0.2) is 9.78 Å². The fraction of sp³-hybridized carbons (Fsp3) is 0.143. The van der Waals surface area contributed by atoms with Crippen molar-refractivity contribution < 1.29 is 9.53 Å². The number of esters is 1. The van der Waals surface area contributed by atoms with Crippen molar-refractivity contribution in [1.29, 1.82) is 0 Å². The highest BCUT2D eigenvalue weighted by Crippen LogP contribution is 2.28. The molecule has 0 aliphatic carbocycles. The van der Waals surface area contributed by atoms with Crippen LogP contribution in [0.1, 0.15) is 15.2 Å². The molecule has 21 heavy (non-hydrogen) atoms. The van der Waals surface area contributed by atoms with E-state index in [2.05, 4.69) is 15.0 Å². The van der Waals surface area contributed by atoms with Gasteiger partial charge >= 0.3 is 5.97 Å². The van der Waals surface area contributed by atoms with Gasteiger partial charge in [0.25, 0.3) is 5.56 Å². The molecule has 0 saturated carbocycles. The normalized spacial score (nSPS) is 10.8. The Morgan fingerprint density at radius 3 is 2.86 bits per heavy atom. The molecule has 0 saturated heterocycles. The second-order valence-corrected chi connectivity index (χ2v) is 5.36. The van der Waals surface area contributed by atoms with E-state index >= 15 is 0 Å². The molecule has 0 amide bonds. The topological polar surface area (TPSA) is 84.9 Å². The molecule has 0 aliphatic heterocycles. The molecule has 3 aromatic heterocycles. The maximum absolute atomic E-state index is 12.2. The zero-order valence-corrected chi connectivity index (χ0v) is 12.2. The largest absolute Gasteiger partial charge is 0.465 e. The average Bonchev–Trinajstić information content (AvgIpc) is 2.85. The molecule has 3 heterocycles. The summed E-state index contributed by atoms with van der Waals surface area (Å²) in [7, 11) is 1.31. The standard InChI is InChI=1S/C14H11N3O3S/c1-7-9-12(18)16-11(8-5-3-4-6-15-8)17-13(9)21-10(7)14(19)20-2/h3-6H,1-2H3,(H,16,17,18). The summed E-state index contributed by atoms with van der Waals surface area (Å²) in [6.07, 6.45) is 1.62. The summed E-state index contributed by atoms with van der Waals surface area (Å²) < 4.78 is 4.72. The summed E-state index contributed by atoms with van der Waals surface area (Å²) in [6, 6.07) is 5.35. The van der Waals surface area contributed by atoms with Gasteiger partial charge in [0.15, 0.2) is 5.82 Å². The monoisotopic (exact) mass is 301 g/mol. The molecule has 0 aliphatic rings. The molecule has 0 aromatic carbocycles. The molecule has 0 spiro atoms. The SMILES string of the molecule is COC(=O)c1sc2nc(-c3ccccn3)[nH]c(=O)c2c1C. The maximum Gasteiger partial charge on any atom is 0.348 e.